The number of carbonyl (C=O) groups is 1. The van der Waals surface area contributed by atoms with Gasteiger partial charge >= 0.3 is 5.97 Å². The van der Waals surface area contributed by atoms with Crippen molar-refractivity contribution in [2.75, 3.05) is 14.2 Å². The molecule has 3 atom stereocenters. The lowest BCUT2D eigenvalue weighted by Crippen LogP contribution is -2.49. The van der Waals surface area contributed by atoms with Crippen LogP contribution in [-0.4, -0.2) is 57.6 Å². The fourth-order valence-electron chi connectivity index (χ4n) is 3.50. The van der Waals surface area contributed by atoms with Gasteiger partial charge in [-0.15, -0.1) is 5.10 Å². The van der Waals surface area contributed by atoms with E-state index < -0.39 is 12.0 Å². The molecule has 1 saturated carbocycles. The molecule has 1 aliphatic rings. The van der Waals surface area contributed by atoms with Crippen molar-refractivity contribution in [2.45, 2.75) is 50.4 Å². The molecule has 2 aromatic rings. The second kappa shape index (κ2) is 8.98. The quantitative estimate of drug-likeness (QED) is 0.577. The van der Waals surface area contributed by atoms with Crippen LogP contribution in [0.4, 0.5) is 0 Å². The summed E-state index contributed by atoms with van der Waals surface area (Å²) in [5.74, 6) is 0.352. The van der Waals surface area contributed by atoms with Crippen LogP contribution in [0, 0.1) is 0 Å². The number of methoxy groups -OCH3 is 2. The minimum absolute atomic E-state index is 0.00624. The number of phenols is 1. The third-order valence-corrected chi connectivity index (χ3v) is 5.06. The van der Waals surface area contributed by atoms with Crippen LogP contribution >= 0.6 is 0 Å². The van der Waals surface area contributed by atoms with E-state index in [2.05, 4.69) is 20.8 Å². The van der Waals surface area contributed by atoms with Gasteiger partial charge in [0, 0.05) is 12.1 Å². The van der Waals surface area contributed by atoms with Gasteiger partial charge in [-0.25, -0.2) is 4.68 Å². The molecule has 1 aromatic heterocycles. The Bertz CT molecular complexity index is 811. The monoisotopic (exact) mass is 390 g/mol. The maximum Gasteiger partial charge on any atom is 0.327 e. The molecule has 0 saturated heterocycles. The zero-order valence-electron chi connectivity index (χ0n) is 16.0. The maximum absolute atomic E-state index is 11.7. The fourth-order valence-corrected chi connectivity index (χ4v) is 3.50. The van der Waals surface area contributed by atoms with Crippen molar-refractivity contribution < 1.29 is 19.4 Å². The van der Waals surface area contributed by atoms with Crippen molar-refractivity contribution >= 4 is 5.97 Å². The van der Waals surface area contributed by atoms with Crippen LogP contribution < -0.4 is 15.8 Å². The Kier molecular flexibility index (Phi) is 6.42. The minimum atomic E-state index is -0.467. The number of aromatic hydroxyl groups is 1. The molecule has 0 spiro atoms. The van der Waals surface area contributed by atoms with E-state index in [1.54, 1.807) is 12.1 Å². The van der Waals surface area contributed by atoms with Crippen molar-refractivity contribution in [2.24, 2.45) is 5.73 Å². The van der Waals surface area contributed by atoms with Crippen LogP contribution in [0.25, 0.3) is 0 Å². The molecule has 1 heterocycles. The molecule has 0 amide bonds. The number of rotatable bonds is 7. The number of benzene rings is 1. The second-order valence-corrected chi connectivity index (χ2v) is 6.86. The summed E-state index contributed by atoms with van der Waals surface area (Å²) >= 11 is 0. The number of esters is 1. The molecule has 1 aromatic carbocycles. The van der Waals surface area contributed by atoms with Crippen LogP contribution in [0.15, 0.2) is 18.2 Å². The maximum atomic E-state index is 11.7. The van der Waals surface area contributed by atoms with Gasteiger partial charge in [-0.2, -0.15) is 0 Å². The summed E-state index contributed by atoms with van der Waals surface area (Å²) in [6.07, 6.45) is 4.05. The van der Waals surface area contributed by atoms with Gasteiger partial charge in [0.25, 0.3) is 0 Å². The van der Waals surface area contributed by atoms with E-state index in [4.69, 9.17) is 15.2 Å². The first-order valence-corrected chi connectivity index (χ1v) is 9.25. The summed E-state index contributed by atoms with van der Waals surface area (Å²) in [5, 5.41) is 25.5. The largest absolute Gasteiger partial charge is 0.504 e. The van der Waals surface area contributed by atoms with E-state index >= 15 is 0 Å². The highest BCUT2D eigenvalue weighted by atomic mass is 16.5. The second-order valence-electron chi connectivity index (χ2n) is 6.86. The Balaban J connectivity index is 1.96. The summed E-state index contributed by atoms with van der Waals surface area (Å²) in [7, 11) is 2.80. The van der Waals surface area contributed by atoms with Crippen molar-refractivity contribution in [3.05, 3.63) is 29.6 Å². The van der Waals surface area contributed by atoms with Crippen LogP contribution in [0.3, 0.4) is 0 Å². The van der Waals surface area contributed by atoms with E-state index in [9.17, 15) is 9.90 Å². The lowest BCUT2D eigenvalue weighted by molar-refractivity contribution is -0.141. The Morgan fingerprint density at radius 1 is 1.39 bits per heavy atom. The Morgan fingerprint density at radius 2 is 2.18 bits per heavy atom. The third kappa shape index (κ3) is 4.39. The van der Waals surface area contributed by atoms with Crippen LogP contribution in [0.1, 0.15) is 43.1 Å². The molecule has 4 N–H and O–H groups in total. The number of ether oxygens (including phenoxy) is 2. The molecule has 0 aliphatic heterocycles. The average molecular weight is 390 g/mol. The molecule has 3 unspecified atom stereocenters. The standard InChI is InChI=1S/C18H26N6O4/c1-27-15-8-7-11(9-14(15)25)17(20-13-6-4-3-5-12(13)19)18-21-22-23-24(18)10-16(26)28-2/h7-9,12-13,17,20,25H,3-6,10,19H2,1-2H3. The van der Waals surface area contributed by atoms with Crippen molar-refractivity contribution in [3.63, 3.8) is 0 Å². The Hall–Kier alpha value is -2.72. The van der Waals surface area contributed by atoms with E-state index in [0.29, 0.717) is 11.6 Å². The van der Waals surface area contributed by atoms with Gasteiger partial charge in [0.1, 0.15) is 6.54 Å². The summed E-state index contributed by atoms with van der Waals surface area (Å²) in [4.78, 5) is 11.7. The predicted octanol–water partition coefficient (Wildman–Crippen LogP) is 0.509. The molecule has 1 fully saturated rings. The SMILES string of the molecule is COC(=O)Cn1nnnc1C(NC1CCCCC1N)c1ccc(OC)c(O)c1. The van der Waals surface area contributed by atoms with E-state index in [1.807, 2.05) is 6.07 Å². The lowest BCUT2D eigenvalue weighted by Gasteiger charge is -2.33. The van der Waals surface area contributed by atoms with Crippen molar-refractivity contribution in [1.29, 1.82) is 0 Å². The van der Waals surface area contributed by atoms with Gasteiger partial charge in [-0.1, -0.05) is 18.9 Å². The van der Waals surface area contributed by atoms with Crippen LogP contribution in [0.2, 0.25) is 0 Å². The number of tetrazole rings is 1. The molecule has 10 heteroatoms. The molecule has 152 valence electrons. The summed E-state index contributed by atoms with van der Waals surface area (Å²) in [5.41, 5.74) is 7.04. The number of hydrogen-bond acceptors (Lipinski definition) is 9. The van der Waals surface area contributed by atoms with E-state index in [-0.39, 0.29) is 24.4 Å². The smallest absolute Gasteiger partial charge is 0.327 e. The number of nitrogens with one attached hydrogen (secondary N) is 1. The third-order valence-electron chi connectivity index (χ3n) is 5.06. The molecule has 28 heavy (non-hydrogen) atoms. The van der Waals surface area contributed by atoms with Gasteiger partial charge in [-0.05, 0) is 41.0 Å². The highest BCUT2D eigenvalue weighted by Gasteiger charge is 2.29. The summed E-state index contributed by atoms with van der Waals surface area (Å²) < 4.78 is 11.2. The zero-order chi connectivity index (χ0) is 20.1. The molecule has 10 nitrogen and oxygen atoms in total. The lowest BCUT2D eigenvalue weighted by atomic mass is 9.89. The predicted molar refractivity (Wildman–Crippen MR) is 99.7 cm³/mol. The number of nitrogens with zero attached hydrogens (tertiary/aromatic N) is 4. The normalized spacial score (nSPS) is 20.5. The van der Waals surface area contributed by atoms with Crippen molar-refractivity contribution in [3.8, 4) is 11.5 Å². The number of phenolic OH excluding ortho intramolecular Hbond substituents is 1. The minimum Gasteiger partial charge on any atom is -0.504 e. The van der Waals surface area contributed by atoms with Crippen LogP contribution in [0.5, 0.6) is 11.5 Å². The van der Waals surface area contributed by atoms with E-state index in [1.165, 1.54) is 18.9 Å². The molecule has 0 radical (unpaired) electrons. The van der Waals surface area contributed by atoms with Gasteiger partial charge in [0.2, 0.25) is 0 Å². The summed E-state index contributed by atoms with van der Waals surface area (Å²) in [6.45, 7) is -0.115. The zero-order valence-corrected chi connectivity index (χ0v) is 16.0. The van der Waals surface area contributed by atoms with Gasteiger partial charge in [-0.3, -0.25) is 10.1 Å². The highest BCUT2D eigenvalue weighted by Crippen LogP contribution is 2.32. The first-order valence-electron chi connectivity index (χ1n) is 9.25. The van der Waals surface area contributed by atoms with Crippen LogP contribution in [-0.2, 0) is 16.1 Å². The first-order chi connectivity index (χ1) is 13.5. The average Bonchev–Trinajstić information content (AvgIpc) is 3.15. The summed E-state index contributed by atoms with van der Waals surface area (Å²) in [6, 6.07) is 4.70. The molecule has 3 rings (SSSR count). The topological polar surface area (TPSA) is 137 Å². The fraction of sp³-hybridized carbons (Fsp3) is 0.556. The number of nitrogens with two attached hydrogens (primary N) is 1. The van der Waals surface area contributed by atoms with Crippen molar-refractivity contribution in [1.82, 2.24) is 25.5 Å². The molecular formula is C18H26N6O4. The molecule has 1 aliphatic carbocycles. The number of hydrogen-bond donors (Lipinski definition) is 3. The van der Waals surface area contributed by atoms with Gasteiger partial charge in [0.05, 0.1) is 20.3 Å². The van der Waals surface area contributed by atoms with Gasteiger partial charge in [0.15, 0.2) is 17.3 Å². The number of aromatic nitrogens is 4. The van der Waals surface area contributed by atoms with Gasteiger partial charge < -0.3 is 20.3 Å². The number of carbonyl (C=O) groups excluding carboxylic acids is 1. The Morgan fingerprint density at radius 3 is 2.86 bits per heavy atom. The molecular weight excluding hydrogens is 364 g/mol. The highest BCUT2D eigenvalue weighted by molar-refractivity contribution is 5.68. The molecule has 0 bridgehead atoms. The van der Waals surface area contributed by atoms with E-state index in [0.717, 1.165) is 31.2 Å². The first kappa shape index (κ1) is 20.0. The Labute approximate surface area is 163 Å².